The Hall–Kier alpha value is -1.81. The van der Waals surface area contributed by atoms with E-state index in [1.54, 1.807) is 6.20 Å². The molecule has 2 aromatic rings. The first-order valence-electron chi connectivity index (χ1n) is 7.94. The highest BCUT2D eigenvalue weighted by atomic mass is 15.3. The summed E-state index contributed by atoms with van der Waals surface area (Å²) in [7, 11) is 0. The van der Waals surface area contributed by atoms with Crippen molar-refractivity contribution in [1.29, 1.82) is 0 Å². The van der Waals surface area contributed by atoms with Gasteiger partial charge in [-0.15, -0.1) is 0 Å². The van der Waals surface area contributed by atoms with Crippen LogP contribution in [0.5, 0.6) is 0 Å². The predicted molar refractivity (Wildman–Crippen MR) is 86.9 cm³/mol. The minimum absolute atomic E-state index is 0.595. The van der Waals surface area contributed by atoms with Gasteiger partial charge in [0, 0.05) is 30.7 Å². The molecule has 1 aliphatic rings. The molecule has 0 radical (unpaired) electrons. The summed E-state index contributed by atoms with van der Waals surface area (Å²) in [5.41, 5.74) is 2.31. The molecule has 4 heteroatoms. The summed E-state index contributed by atoms with van der Waals surface area (Å²) in [5, 5.41) is 7.93. The fraction of sp³-hybridized carbons (Fsp3) is 0.471. The van der Waals surface area contributed by atoms with Gasteiger partial charge < -0.3 is 10.2 Å². The fourth-order valence-electron chi connectivity index (χ4n) is 2.98. The topological polar surface area (TPSA) is 33.1 Å². The zero-order valence-electron chi connectivity index (χ0n) is 12.7. The Balaban J connectivity index is 1.60. The molecule has 1 aromatic heterocycles. The lowest BCUT2D eigenvalue weighted by atomic mass is 10.1. The third-order valence-electron chi connectivity index (χ3n) is 4.27. The van der Waals surface area contributed by atoms with E-state index in [4.69, 9.17) is 0 Å². The molecule has 1 atom stereocenters. The van der Waals surface area contributed by atoms with Gasteiger partial charge in [-0.25, -0.2) is 4.68 Å². The third-order valence-corrected chi connectivity index (χ3v) is 4.27. The molecule has 1 aliphatic heterocycles. The van der Waals surface area contributed by atoms with E-state index >= 15 is 0 Å². The normalized spacial score (nSPS) is 20.1. The van der Waals surface area contributed by atoms with Crippen molar-refractivity contribution in [2.24, 2.45) is 0 Å². The molecule has 0 saturated carbocycles. The third kappa shape index (κ3) is 3.64. The van der Waals surface area contributed by atoms with Gasteiger partial charge in [-0.2, -0.15) is 5.10 Å². The second-order valence-corrected chi connectivity index (χ2v) is 5.70. The van der Waals surface area contributed by atoms with E-state index in [0.29, 0.717) is 6.04 Å². The van der Waals surface area contributed by atoms with Gasteiger partial charge in [-0.3, -0.25) is 0 Å². The van der Waals surface area contributed by atoms with Gasteiger partial charge in [0.25, 0.3) is 0 Å². The van der Waals surface area contributed by atoms with Crippen LogP contribution < -0.4 is 5.32 Å². The van der Waals surface area contributed by atoms with Crippen LogP contribution in [-0.2, 0) is 0 Å². The van der Waals surface area contributed by atoms with Gasteiger partial charge in [0.05, 0.1) is 5.69 Å². The predicted octanol–water partition coefficient (Wildman–Crippen LogP) is 3.16. The van der Waals surface area contributed by atoms with Crippen molar-refractivity contribution in [2.75, 3.05) is 25.0 Å². The largest absolute Gasteiger partial charge is 0.382 e. The Morgan fingerprint density at radius 3 is 2.76 bits per heavy atom. The van der Waals surface area contributed by atoms with Crippen LogP contribution in [-0.4, -0.2) is 40.4 Å². The first-order chi connectivity index (χ1) is 10.3. The Labute approximate surface area is 126 Å². The number of hydrogen-bond donors (Lipinski definition) is 1. The Morgan fingerprint density at radius 1 is 1.19 bits per heavy atom. The Morgan fingerprint density at radius 2 is 2.05 bits per heavy atom. The molecule has 1 N–H and O–H groups in total. The minimum atomic E-state index is 0.595. The summed E-state index contributed by atoms with van der Waals surface area (Å²) >= 11 is 0. The SMILES string of the molecule is CCN1CCCC(Nc2ccc(-n3cccn3)cc2)CC1. The van der Waals surface area contributed by atoms with Crippen LogP contribution in [0, 0.1) is 0 Å². The smallest absolute Gasteiger partial charge is 0.0647 e. The highest BCUT2D eigenvalue weighted by Gasteiger charge is 2.15. The second-order valence-electron chi connectivity index (χ2n) is 5.70. The van der Waals surface area contributed by atoms with Crippen molar-refractivity contribution in [3.63, 3.8) is 0 Å². The Kier molecular flexibility index (Phi) is 4.55. The maximum absolute atomic E-state index is 4.25. The highest BCUT2D eigenvalue weighted by molar-refractivity contribution is 5.49. The van der Waals surface area contributed by atoms with Crippen molar-refractivity contribution in [1.82, 2.24) is 14.7 Å². The number of rotatable bonds is 4. The zero-order chi connectivity index (χ0) is 14.5. The summed E-state index contributed by atoms with van der Waals surface area (Å²) in [6.45, 7) is 5.87. The summed E-state index contributed by atoms with van der Waals surface area (Å²) in [4.78, 5) is 2.54. The standard InChI is InChI=1S/C17H24N4/c1-2-20-12-3-5-15(10-14-20)19-16-6-8-17(9-7-16)21-13-4-11-18-21/h4,6-9,11,13,15,19H,2-3,5,10,12,14H2,1H3. The Bertz CT molecular complexity index is 532. The summed E-state index contributed by atoms with van der Waals surface area (Å²) in [6, 6.07) is 11.1. The number of aromatic nitrogens is 2. The van der Waals surface area contributed by atoms with E-state index in [9.17, 15) is 0 Å². The summed E-state index contributed by atoms with van der Waals surface area (Å²) in [6.07, 6.45) is 7.55. The van der Waals surface area contributed by atoms with Crippen LogP contribution in [0.4, 0.5) is 5.69 Å². The molecular formula is C17H24N4. The molecule has 112 valence electrons. The molecule has 1 saturated heterocycles. The molecule has 0 bridgehead atoms. The van der Waals surface area contributed by atoms with Gasteiger partial charge in [-0.05, 0) is 62.7 Å². The summed E-state index contributed by atoms with van der Waals surface area (Å²) < 4.78 is 1.88. The van der Waals surface area contributed by atoms with Crippen LogP contribution >= 0.6 is 0 Å². The second kappa shape index (κ2) is 6.76. The lowest BCUT2D eigenvalue weighted by molar-refractivity contribution is 0.300. The van der Waals surface area contributed by atoms with Crippen LogP contribution in [0.15, 0.2) is 42.7 Å². The number of hydrogen-bond acceptors (Lipinski definition) is 3. The van der Waals surface area contributed by atoms with Crippen LogP contribution in [0.2, 0.25) is 0 Å². The average molecular weight is 284 g/mol. The van der Waals surface area contributed by atoms with E-state index in [1.807, 2.05) is 16.9 Å². The maximum Gasteiger partial charge on any atom is 0.0647 e. The first-order valence-corrected chi connectivity index (χ1v) is 7.94. The van der Waals surface area contributed by atoms with Crippen LogP contribution in [0.3, 0.4) is 0 Å². The van der Waals surface area contributed by atoms with Crippen molar-refractivity contribution in [2.45, 2.75) is 32.2 Å². The van der Waals surface area contributed by atoms with Gasteiger partial charge in [-0.1, -0.05) is 6.92 Å². The van der Waals surface area contributed by atoms with E-state index in [0.717, 1.165) is 5.69 Å². The molecular weight excluding hydrogens is 260 g/mol. The van der Waals surface area contributed by atoms with E-state index in [2.05, 4.69) is 46.5 Å². The van der Waals surface area contributed by atoms with E-state index < -0.39 is 0 Å². The van der Waals surface area contributed by atoms with Gasteiger partial charge in [0.2, 0.25) is 0 Å². The molecule has 3 rings (SSSR count). The fourth-order valence-corrected chi connectivity index (χ4v) is 2.98. The summed E-state index contributed by atoms with van der Waals surface area (Å²) in [5.74, 6) is 0. The lowest BCUT2D eigenvalue weighted by Crippen LogP contribution is -2.26. The number of likely N-dealkylation sites (tertiary alicyclic amines) is 1. The van der Waals surface area contributed by atoms with Gasteiger partial charge in [0.1, 0.15) is 0 Å². The molecule has 0 aliphatic carbocycles. The molecule has 0 amide bonds. The quantitative estimate of drug-likeness (QED) is 0.936. The highest BCUT2D eigenvalue weighted by Crippen LogP contribution is 2.18. The number of benzene rings is 1. The molecule has 0 spiro atoms. The van der Waals surface area contributed by atoms with Crippen molar-refractivity contribution < 1.29 is 0 Å². The maximum atomic E-state index is 4.25. The van der Waals surface area contributed by atoms with Gasteiger partial charge >= 0.3 is 0 Å². The molecule has 21 heavy (non-hydrogen) atoms. The van der Waals surface area contributed by atoms with E-state index in [1.165, 1.54) is 44.6 Å². The van der Waals surface area contributed by atoms with Crippen molar-refractivity contribution >= 4 is 5.69 Å². The average Bonchev–Trinajstić information content (AvgIpc) is 2.96. The molecule has 1 aromatic carbocycles. The molecule has 4 nitrogen and oxygen atoms in total. The monoisotopic (exact) mass is 284 g/mol. The van der Waals surface area contributed by atoms with Crippen LogP contribution in [0.25, 0.3) is 5.69 Å². The molecule has 1 fully saturated rings. The minimum Gasteiger partial charge on any atom is -0.382 e. The van der Waals surface area contributed by atoms with E-state index in [-0.39, 0.29) is 0 Å². The number of anilines is 1. The molecule has 1 unspecified atom stereocenters. The first kappa shape index (κ1) is 14.1. The van der Waals surface area contributed by atoms with Gasteiger partial charge in [0.15, 0.2) is 0 Å². The number of nitrogens with one attached hydrogen (secondary N) is 1. The van der Waals surface area contributed by atoms with Crippen LogP contribution in [0.1, 0.15) is 26.2 Å². The van der Waals surface area contributed by atoms with Crippen molar-refractivity contribution in [3.8, 4) is 5.69 Å². The zero-order valence-corrected chi connectivity index (χ0v) is 12.7. The lowest BCUT2D eigenvalue weighted by Gasteiger charge is -2.19. The molecule has 2 heterocycles. The van der Waals surface area contributed by atoms with Crippen molar-refractivity contribution in [3.05, 3.63) is 42.7 Å². The number of nitrogens with zero attached hydrogens (tertiary/aromatic N) is 3.